The minimum atomic E-state index is -0.769. The molecular weight excluding hydrogens is 236 g/mol. The summed E-state index contributed by atoms with van der Waals surface area (Å²) < 4.78 is 0. The van der Waals surface area contributed by atoms with Crippen molar-refractivity contribution < 1.29 is 9.90 Å². The number of aromatic nitrogens is 1. The molecule has 1 aromatic heterocycles. The number of carbonyl (C=O) groups is 1. The van der Waals surface area contributed by atoms with E-state index in [-0.39, 0.29) is 0 Å². The summed E-state index contributed by atoms with van der Waals surface area (Å²) in [6.45, 7) is 6.70. The van der Waals surface area contributed by atoms with Gasteiger partial charge in [-0.15, -0.1) is 11.3 Å². The Hall–Kier alpha value is -0.940. The van der Waals surface area contributed by atoms with E-state index < -0.39 is 12.0 Å². The summed E-state index contributed by atoms with van der Waals surface area (Å²) in [6, 6.07) is -0.431. The Balaban J connectivity index is 2.66. The largest absolute Gasteiger partial charge is 0.480 e. The van der Waals surface area contributed by atoms with Crippen molar-refractivity contribution in [2.45, 2.75) is 45.7 Å². The highest BCUT2D eigenvalue weighted by molar-refractivity contribution is 7.09. The predicted octanol–water partition coefficient (Wildman–Crippen LogP) is 2.56. The van der Waals surface area contributed by atoms with Crippen LogP contribution in [0.5, 0.6) is 0 Å². The molecule has 0 aliphatic heterocycles. The van der Waals surface area contributed by atoms with Crippen LogP contribution < -0.4 is 0 Å². The van der Waals surface area contributed by atoms with Gasteiger partial charge in [-0.3, -0.25) is 9.69 Å². The van der Waals surface area contributed by atoms with Gasteiger partial charge in [0.05, 0.1) is 10.7 Å². The Kier molecular flexibility index (Phi) is 5.08. The number of hydrogen-bond acceptors (Lipinski definition) is 4. The lowest BCUT2D eigenvalue weighted by atomic mass is 10.2. The topological polar surface area (TPSA) is 53.4 Å². The third-order valence-corrected chi connectivity index (χ3v) is 3.87. The van der Waals surface area contributed by atoms with Gasteiger partial charge in [0.1, 0.15) is 6.04 Å². The molecule has 5 heteroatoms. The van der Waals surface area contributed by atoms with Gasteiger partial charge in [-0.25, -0.2) is 4.98 Å². The number of carboxylic acids is 1. The SMILES string of the molecule is CCC(C(=O)O)N(C)Cc1csc(C(C)C)n1. The van der Waals surface area contributed by atoms with Gasteiger partial charge in [-0.2, -0.15) is 0 Å². The van der Waals surface area contributed by atoms with Crippen molar-refractivity contribution in [3.8, 4) is 0 Å². The van der Waals surface area contributed by atoms with Gasteiger partial charge in [0.2, 0.25) is 0 Å². The summed E-state index contributed by atoms with van der Waals surface area (Å²) in [6.07, 6.45) is 0.604. The fraction of sp³-hybridized carbons (Fsp3) is 0.667. The highest BCUT2D eigenvalue weighted by Gasteiger charge is 2.21. The highest BCUT2D eigenvalue weighted by Crippen LogP contribution is 2.20. The van der Waals surface area contributed by atoms with E-state index in [0.29, 0.717) is 18.9 Å². The lowest BCUT2D eigenvalue weighted by Gasteiger charge is -2.22. The molecule has 0 aliphatic carbocycles. The molecule has 1 aromatic rings. The van der Waals surface area contributed by atoms with E-state index in [2.05, 4.69) is 18.8 Å². The zero-order chi connectivity index (χ0) is 13.0. The van der Waals surface area contributed by atoms with Crippen LogP contribution >= 0.6 is 11.3 Å². The van der Waals surface area contributed by atoms with Crippen LogP contribution in [-0.4, -0.2) is 34.0 Å². The quantitative estimate of drug-likeness (QED) is 0.850. The molecule has 0 radical (unpaired) electrons. The number of nitrogens with zero attached hydrogens (tertiary/aromatic N) is 2. The lowest BCUT2D eigenvalue weighted by molar-refractivity contribution is -0.143. The first-order chi connectivity index (χ1) is 7.95. The Labute approximate surface area is 106 Å². The van der Waals surface area contributed by atoms with E-state index in [9.17, 15) is 4.79 Å². The van der Waals surface area contributed by atoms with E-state index >= 15 is 0 Å². The second-order valence-corrected chi connectivity index (χ2v) is 5.40. The summed E-state index contributed by atoms with van der Waals surface area (Å²) in [4.78, 5) is 17.4. The summed E-state index contributed by atoms with van der Waals surface area (Å²) in [5.41, 5.74) is 0.959. The summed E-state index contributed by atoms with van der Waals surface area (Å²) >= 11 is 1.64. The zero-order valence-electron chi connectivity index (χ0n) is 10.8. The number of aliphatic carboxylic acids is 1. The third kappa shape index (κ3) is 3.78. The molecule has 4 nitrogen and oxygen atoms in total. The summed E-state index contributed by atoms with van der Waals surface area (Å²) in [5.74, 6) is -0.338. The molecule has 96 valence electrons. The van der Waals surface area contributed by atoms with Gasteiger partial charge in [-0.05, 0) is 13.5 Å². The molecule has 0 amide bonds. The predicted molar refractivity (Wildman–Crippen MR) is 69.4 cm³/mol. The van der Waals surface area contributed by atoms with Crippen molar-refractivity contribution in [1.29, 1.82) is 0 Å². The highest BCUT2D eigenvalue weighted by atomic mass is 32.1. The Morgan fingerprint density at radius 1 is 1.59 bits per heavy atom. The van der Waals surface area contributed by atoms with Gasteiger partial charge < -0.3 is 5.11 Å². The molecule has 1 rings (SSSR count). The van der Waals surface area contributed by atoms with Gasteiger partial charge >= 0.3 is 5.97 Å². The molecule has 17 heavy (non-hydrogen) atoms. The first-order valence-electron chi connectivity index (χ1n) is 5.83. The van der Waals surface area contributed by atoms with E-state index in [1.807, 2.05) is 24.3 Å². The molecule has 0 saturated carbocycles. The average molecular weight is 256 g/mol. The molecule has 0 saturated heterocycles. The van der Waals surface area contributed by atoms with Gasteiger partial charge in [0.25, 0.3) is 0 Å². The fourth-order valence-electron chi connectivity index (χ4n) is 1.70. The molecule has 0 bridgehead atoms. The molecule has 0 aliphatic rings. The smallest absolute Gasteiger partial charge is 0.320 e. The normalized spacial score (nSPS) is 13.3. The first kappa shape index (κ1) is 14.1. The van der Waals surface area contributed by atoms with Crippen LogP contribution in [0, 0.1) is 0 Å². The first-order valence-corrected chi connectivity index (χ1v) is 6.71. The Bertz CT molecular complexity index is 376. The second-order valence-electron chi connectivity index (χ2n) is 4.51. The van der Waals surface area contributed by atoms with Crippen LogP contribution in [0.1, 0.15) is 43.8 Å². The van der Waals surface area contributed by atoms with E-state index in [0.717, 1.165) is 10.7 Å². The van der Waals surface area contributed by atoms with E-state index in [1.165, 1.54) is 0 Å². The number of thiazole rings is 1. The third-order valence-electron chi connectivity index (χ3n) is 2.68. The van der Waals surface area contributed by atoms with Gasteiger partial charge in [0, 0.05) is 17.8 Å². The van der Waals surface area contributed by atoms with E-state index in [4.69, 9.17) is 5.11 Å². The van der Waals surface area contributed by atoms with Crippen LogP contribution in [0.25, 0.3) is 0 Å². The number of likely N-dealkylation sites (N-methyl/N-ethyl adjacent to an activating group) is 1. The van der Waals surface area contributed by atoms with Crippen LogP contribution in [0.15, 0.2) is 5.38 Å². The maximum Gasteiger partial charge on any atom is 0.320 e. The Morgan fingerprint density at radius 3 is 2.65 bits per heavy atom. The minimum absolute atomic E-state index is 0.431. The minimum Gasteiger partial charge on any atom is -0.480 e. The summed E-state index contributed by atoms with van der Waals surface area (Å²) in [5, 5.41) is 12.2. The van der Waals surface area contributed by atoms with Crippen LogP contribution in [0.4, 0.5) is 0 Å². The molecule has 1 atom stereocenters. The number of hydrogen-bond donors (Lipinski definition) is 1. The lowest BCUT2D eigenvalue weighted by Crippen LogP contribution is -2.37. The number of rotatable bonds is 6. The number of carboxylic acid groups (broad SMARTS) is 1. The van der Waals surface area contributed by atoms with Crippen LogP contribution in [0.3, 0.4) is 0 Å². The average Bonchev–Trinajstić information content (AvgIpc) is 2.66. The van der Waals surface area contributed by atoms with E-state index in [1.54, 1.807) is 11.3 Å². The monoisotopic (exact) mass is 256 g/mol. The molecule has 1 N–H and O–H groups in total. The van der Waals surface area contributed by atoms with Crippen molar-refractivity contribution in [3.05, 3.63) is 16.1 Å². The van der Waals surface area contributed by atoms with Crippen molar-refractivity contribution >= 4 is 17.3 Å². The Morgan fingerprint density at radius 2 is 2.24 bits per heavy atom. The molecular formula is C12H20N2O2S. The molecule has 1 heterocycles. The van der Waals surface area contributed by atoms with Crippen molar-refractivity contribution in [1.82, 2.24) is 9.88 Å². The van der Waals surface area contributed by atoms with Crippen molar-refractivity contribution in [2.75, 3.05) is 7.05 Å². The van der Waals surface area contributed by atoms with Crippen molar-refractivity contribution in [2.24, 2.45) is 0 Å². The van der Waals surface area contributed by atoms with Gasteiger partial charge in [-0.1, -0.05) is 20.8 Å². The van der Waals surface area contributed by atoms with Gasteiger partial charge in [0.15, 0.2) is 0 Å². The molecule has 0 spiro atoms. The molecule has 1 unspecified atom stereocenters. The fourth-order valence-corrected chi connectivity index (χ4v) is 2.53. The molecule has 0 fully saturated rings. The zero-order valence-corrected chi connectivity index (χ0v) is 11.6. The summed E-state index contributed by atoms with van der Waals surface area (Å²) in [7, 11) is 1.83. The maximum atomic E-state index is 11.0. The maximum absolute atomic E-state index is 11.0. The van der Waals surface area contributed by atoms with Crippen molar-refractivity contribution in [3.63, 3.8) is 0 Å². The second kappa shape index (κ2) is 6.12. The standard InChI is InChI=1S/C12H20N2O2S/c1-5-10(12(15)16)14(4)6-9-7-17-11(13-9)8(2)3/h7-8,10H,5-6H2,1-4H3,(H,15,16). The molecule has 0 aromatic carbocycles. The van der Waals surface area contributed by atoms with Crippen LogP contribution in [0.2, 0.25) is 0 Å². The van der Waals surface area contributed by atoms with Crippen LogP contribution in [-0.2, 0) is 11.3 Å².